The van der Waals surface area contributed by atoms with Crippen molar-refractivity contribution in [1.29, 1.82) is 0 Å². The fraction of sp³-hybridized carbons (Fsp3) is 0.250. The molecule has 0 radical (unpaired) electrons. The van der Waals surface area contributed by atoms with Crippen molar-refractivity contribution in [2.45, 2.75) is 13.0 Å². The number of hydrogen-bond donors (Lipinski definition) is 1. The van der Waals surface area contributed by atoms with Crippen molar-refractivity contribution in [3.05, 3.63) is 83.1 Å². The van der Waals surface area contributed by atoms with Crippen molar-refractivity contribution in [2.75, 3.05) is 26.3 Å². The molecule has 1 atom stereocenters. The first-order chi connectivity index (χ1) is 14.6. The Balaban J connectivity index is 1.66. The number of nitrogens with zero attached hydrogens (tertiary/aromatic N) is 1. The van der Waals surface area contributed by atoms with E-state index in [9.17, 15) is 9.59 Å². The topological polar surface area (TPSA) is 67.9 Å². The first kappa shape index (κ1) is 19.9. The number of carbonyl (C=O) groups is 2. The Bertz CT molecular complexity index is 991. The molecule has 1 N–H and O–H groups in total. The zero-order valence-corrected chi connectivity index (χ0v) is 16.8. The van der Waals surface area contributed by atoms with E-state index in [2.05, 4.69) is 5.32 Å². The molecule has 0 saturated carbocycles. The van der Waals surface area contributed by atoms with Gasteiger partial charge in [-0.15, -0.1) is 0 Å². The molecule has 2 aromatic carbocycles. The van der Waals surface area contributed by atoms with Crippen molar-refractivity contribution in [3.63, 3.8) is 0 Å². The van der Waals surface area contributed by atoms with Gasteiger partial charge in [0.15, 0.2) is 0 Å². The zero-order valence-electron chi connectivity index (χ0n) is 16.8. The Morgan fingerprint density at radius 2 is 1.73 bits per heavy atom. The Labute approximate surface area is 175 Å². The van der Waals surface area contributed by atoms with Crippen LogP contribution in [-0.4, -0.2) is 49.1 Å². The quantitative estimate of drug-likeness (QED) is 0.796. The molecule has 0 bridgehead atoms. The second-order valence-electron chi connectivity index (χ2n) is 7.22. The molecular weight excluding hydrogens is 380 g/mol. The third kappa shape index (κ3) is 4.44. The normalized spacial score (nSPS) is 18.7. The van der Waals surface area contributed by atoms with Gasteiger partial charge in [-0.25, -0.2) is 0 Å². The second-order valence-corrected chi connectivity index (χ2v) is 7.22. The molecule has 2 aliphatic rings. The van der Waals surface area contributed by atoms with Gasteiger partial charge in [-0.05, 0) is 42.8 Å². The molecule has 1 saturated heterocycles. The highest BCUT2D eigenvalue weighted by molar-refractivity contribution is 6.03. The smallest absolute Gasteiger partial charge is 0.270 e. The minimum Gasteiger partial charge on any atom is -0.485 e. The minimum absolute atomic E-state index is 0.227. The molecule has 2 aliphatic heterocycles. The first-order valence-electron chi connectivity index (χ1n) is 10.0. The van der Waals surface area contributed by atoms with Gasteiger partial charge in [0.1, 0.15) is 17.6 Å². The standard InChI is InChI=1S/C24H24N2O4/c1-17-20(15-19-9-5-6-10-22(19)30-17)16-21(24(28)26-11-13-29-14-12-26)25-23(27)18-7-3-2-4-8-18/h2-10,15-17H,11-14H2,1H3,(H,25,27)/b21-16+/t17-/m1/s1. The van der Waals surface area contributed by atoms with Crippen LogP contribution in [0.1, 0.15) is 22.8 Å². The molecular formula is C24H24N2O4. The highest BCUT2D eigenvalue weighted by Crippen LogP contribution is 2.30. The summed E-state index contributed by atoms with van der Waals surface area (Å²) < 4.78 is 11.3. The van der Waals surface area contributed by atoms with Crippen molar-refractivity contribution in [1.82, 2.24) is 10.2 Å². The third-order valence-electron chi connectivity index (χ3n) is 5.14. The zero-order chi connectivity index (χ0) is 20.9. The highest BCUT2D eigenvalue weighted by Gasteiger charge is 2.25. The summed E-state index contributed by atoms with van der Waals surface area (Å²) in [5, 5.41) is 2.82. The molecule has 0 spiro atoms. The fourth-order valence-electron chi connectivity index (χ4n) is 3.46. The molecule has 1 fully saturated rings. The number of amides is 2. The predicted molar refractivity (Wildman–Crippen MR) is 114 cm³/mol. The molecule has 0 unspecified atom stereocenters. The maximum absolute atomic E-state index is 13.2. The van der Waals surface area contributed by atoms with E-state index in [-0.39, 0.29) is 23.6 Å². The lowest BCUT2D eigenvalue weighted by Crippen LogP contribution is -2.44. The Kier molecular flexibility index (Phi) is 5.95. The summed E-state index contributed by atoms with van der Waals surface area (Å²) in [6.45, 7) is 3.88. The van der Waals surface area contributed by atoms with E-state index >= 15 is 0 Å². The second kappa shape index (κ2) is 8.97. The molecule has 2 heterocycles. The summed E-state index contributed by atoms with van der Waals surface area (Å²) in [5.41, 5.74) is 2.48. The van der Waals surface area contributed by atoms with Gasteiger partial charge in [0.05, 0.1) is 13.2 Å². The monoisotopic (exact) mass is 404 g/mol. The minimum atomic E-state index is -0.325. The van der Waals surface area contributed by atoms with Crippen molar-refractivity contribution in [2.24, 2.45) is 0 Å². The molecule has 6 nitrogen and oxygen atoms in total. The van der Waals surface area contributed by atoms with Gasteiger partial charge in [-0.2, -0.15) is 0 Å². The first-order valence-corrected chi connectivity index (χ1v) is 10.0. The number of rotatable bonds is 4. The summed E-state index contributed by atoms with van der Waals surface area (Å²) in [5.74, 6) is 0.250. The molecule has 2 aromatic rings. The van der Waals surface area contributed by atoms with E-state index in [0.717, 1.165) is 16.9 Å². The maximum atomic E-state index is 13.2. The molecule has 154 valence electrons. The maximum Gasteiger partial charge on any atom is 0.270 e. The van der Waals surface area contributed by atoms with Crippen LogP contribution in [0.4, 0.5) is 0 Å². The van der Waals surface area contributed by atoms with E-state index in [1.807, 2.05) is 43.3 Å². The van der Waals surface area contributed by atoms with Crippen LogP contribution in [0.5, 0.6) is 5.75 Å². The Morgan fingerprint density at radius 1 is 1.03 bits per heavy atom. The van der Waals surface area contributed by atoms with Gasteiger partial charge in [0.25, 0.3) is 11.8 Å². The molecule has 30 heavy (non-hydrogen) atoms. The van der Waals surface area contributed by atoms with Crippen molar-refractivity contribution >= 4 is 17.9 Å². The van der Waals surface area contributed by atoms with Crippen molar-refractivity contribution < 1.29 is 19.1 Å². The number of para-hydroxylation sites is 1. The lowest BCUT2D eigenvalue weighted by Gasteiger charge is -2.28. The molecule has 0 aromatic heterocycles. The lowest BCUT2D eigenvalue weighted by atomic mass is 10.0. The van der Waals surface area contributed by atoms with Crippen LogP contribution in [0.2, 0.25) is 0 Å². The number of hydrogen-bond acceptors (Lipinski definition) is 4. The average molecular weight is 404 g/mol. The molecule has 2 amide bonds. The van der Waals surface area contributed by atoms with E-state index < -0.39 is 0 Å². The SMILES string of the molecule is C[C@H]1Oc2ccccc2C=C1/C=C(/NC(=O)c1ccccc1)C(=O)N1CCOCC1. The van der Waals surface area contributed by atoms with Gasteiger partial charge in [0.2, 0.25) is 0 Å². The van der Waals surface area contributed by atoms with E-state index in [0.29, 0.717) is 31.9 Å². The average Bonchev–Trinajstić information content (AvgIpc) is 2.79. The molecule has 4 rings (SSSR count). The Morgan fingerprint density at radius 3 is 2.50 bits per heavy atom. The fourth-order valence-corrected chi connectivity index (χ4v) is 3.46. The number of morpholine rings is 1. The predicted octanol–water partition coefficient (Wildman–Crippen LogP) is 3.02. The lowest BCUT2D eigenvalue weighted by molar-refractivity contribution is -0.131. The number of nitrogens with one attached hydrogen (secondary N) is 1. The van der Waals surface area contributed by atoms with Crippen LogP contribution >= 0.6 is 0 Å². The number of carbonyl (C=O) groups excluding carboxylic acids is 2. The van der Waals surface area contributed by atoms with Crippen molar-refractivity contribution in [3.8, 4) is 5.75 Å². The van der Waals surface area contributed by atoms with Gasteiger partial charge < -0.3 is 19.7 Å². The summed E-state index contributed by atoms with van der Waals surface area (Å²) in [7, 11) is 0. The van der Waals surface area contributed by atoms with E-state index in [4.69, 9.17) is 9.47 Å². The van der Waals surface area contributed by atoms with Crippen LogP contribution in [0, 0.1) is 0 Å². The number of benzene rings is 2. The number of fused-ring (bicyclic) bond motifs is 1. The van der Waals surface area contributed by atoms with Crippen LogP contribution in [-0.2, 0) is 9.53 Å². The van der Waals surface area contributed by atoms with Crippen LogP contribution in [0.15, 0.2) is 71.9 Å². The summed E-state index contributed by atoms with van der Waals surface area (Å²) in [6.07, 6.45) is 3.46. The third-order valence-corrected chi connectivity index (χ3v) is 5.14. The highest BCUT2D eigenvalue weighted by atomic mass is 16.5. The largest absolute Gasteiger partial charge is 0.485 e. The van der Waals surface area contributed by atoms with E-state index in [1.54, 1.807) is 35.2 Å². The summed E-state index contributed by atoms with van der Waals surface area (Å²) in [4.78, 5) is 27.7. The Hall–Kier alpha value is -3.38. The van der Waals surface area contributed by atoms with E-state index in [1.165, 1.54) is 0 Å². The molecule has 6 heteroatoms. The van der Waals surface area contributed by atoms with Gasteiger partial charge in [0, 0.05) is 24.2 Å². The number of ether oxygens (including phenoxy) is 2. The van der Waals surface area contributed by atoms with Gasteiger partial charge in [-0.3, -0.25) is 9.59 Å². The molecule has 0 aliphatic carbocycles. The van der Waals surface area contributed by atoms with Gasteiger partial charge >= 0.3 is 0 Å². The summed E-state index contributed by atoms with van der Waals surface area (Å²) in [6, 6.07) is 16.6. The van der Waals surface area contributed by atoms with Crippen LogP contribution in [0.3, 0.4) is 0 Å². The van der Waals surface area contributed by atoms with Gasteiger partial charge in [-0.1, -0.05) is 36.4 Å². The van der Waals surface area contributed by atoms with Crippen LogP contribution in [0.25, 0.3) is 6.08 Å². The van der Waals surface area contributed by atoms with Crippen LogP contribution < -0.4 is 10.1 Å². The summed E-state index contributed by atoms with van der Waals surface area (Å²) >= 11 is 0.